The molecule has 1 aliphatic carbocycles. The van der Waals surface area contributed by atoms with Gasteiger partial charge < -0.3 is 14.6 Å². The number of carboxylic acids is 1. The van der Waals surface area contributed by atoms with Gasteiger partial charge in [0.05, 0.1) is 22.7 Å². The molecule has 1 unspecified atom stereocenters. The summed E-state index contributed by atoms with van der Waals surface area (Å²) < 4.78 is 5.97. The highest BCUT2D eigenvalue weighted by Crippen LogP contribution is 2.76. The average molecular weight is 510 g/mol. The van der Waals surface area contributed by atoms with Crippen LogP contribution in [-0.4, -0.2) is 39.4 Å². The first kappa shape index (κ1) is 24.4. The molecule has 2 aliphatic heterocycles. The van der Waals surface area contributed by atoms with Crippen LogP contribution in [0.3, 0.4) is 0 Å². The van der Waals surface area contributed by atoms with Crippen LogP contribution in [0.15, 0.2) is 78.9 Å². The van der Waals surface area contributed by atoms with E-state index in [0.717, 1.165) is 5.56 Å². The molecule has 3 aromatic carbocycles. The zero-order chi connectivity index (χ0) is 27.0. The number of carbonyl (C=O) groups is 3. The molecule has 0 spiro atoms. The zero-order valence-electron chi connectivity index (χ0n) is 21.8. The summed E-state index contributed by atoms with van der Waals surface area (Å²) in [5.74, 6) is -0.879. The molecule has 0 N–H and O–H groups in total. The molecule has 7 nitrogen and oxygen atoms in total. The monoisotopic (exact) mass is 509 g/mol. The fourth-order valence-corrected chi connectivity index (χ4v) is 6.82. The Kier molecular flexibility index (Phi) is 5.14. The zero-order valence-corrected chi connectivity index (χ0v) is 21.8. The number of rotatable bonds is 7. The number of imide groups is 1. The molecule has 2 amide bonds. The molecule has 0 bridgehead atoms. The van der Waals surface area contributed by atoms with Crippen molar-refractivity contribution in [2.45, 2.75) is 45.7 Å². The van der Waals surface area contributed by atoms with E-state index in [0.29, 0.717) is 22.6 Å². The molecule has 2 heterocycles. The second kappa shape index (κ2) is 8.01. The maximum atomic E-state index is 13.2. The van der Waals surface area contributed by atoms with Gasteiger partial charge in [-0.1, -0.05) is 56.3 Å². The molecule has 6 rings (SSSR count). The topological polar surface area (TPSA) is 89.8 Å². The first-order valence-corrected chi connectivity index (χ1v) is 12.8. The first-order chi connectivity index (χ1) is 18.0. The second-order valence-electron chi connectivity index (χ2n) is 11.6. The van der Waals surface area contributed by atoms with Crippen LogP contribution in [0.4, 0.5) is 0 Å². The van der Waals surface area contributed by atoms with Gasteiger partial charge in [0.25, 0.3) is 11.8 Å². The van der Waals surface area contributed by atoms with Crippen molar-refractivity contribution < 1.29 is 24.2 Å². The molecule has 3 aromatic rings. The smallest absolute Gasteiger partial charge is 0.276 e. The Balaban J connectivity index is 1.29. The number of para-hydroxylation sites is 1. The Morgan fingerprint density at radius 1 is 0.842 bits per heavy atom. The number of amides is 2. The maximum Gasteiger partial charge on any atom is 0.276 e. The SMILES string of the molecule is CC1(C)[C@H]([C@H]2C(C)(C)[C@]2(Cc2cccc(Oc3ccccc3)c2)C(=O)[O-])N1N1C(=O)c2ccccc2C1=O. The van der Waals surface area contributed by atoms with Gasteiger partial charge >= 0.3 is 0 Å². The number of fused-ring (bicyclic) bond motifs is 1. The predicted molar refractivity (Wildman–Crippen MR) is 138 cm³/mol. The number of benzene rings is 3. The molecule has 0 radical (unpaired) electrons. The van der Waals surface area contributed by atoms with Crippen LogP contribution in [0.5, 0.6) is 11.5 Å². The minimum Gasteiger partial charge on any atom is -0.550 e. The highest BCUT2D eigenvalue weighted by Gasteiger charge is 2.82. The lowest BCUT2D eigenvalue weighted by molar-refractivity contribution is -0.315. The van der Waals surface area contributed by atoms with Gasteiger partial charge in [0.2, 0.25) is 0 Å². The first-order valence-electron chi connectivity index (χ1n) is 12.8. The van der Waals surface area contributed by atoms with E-state index in [2.05, 4.69) is 0 Å². The molecule has 1 saturated heterocycles. The van der Waals surface area contributed by atoms with Gasteiger partial charge in [-0.25, -0.2) is 5.01 Å². The molecule has 1 saturated carbocycles. The summed E-state index contributed by atoms with van der Waals surface area (Å²) in [5, 5.41) is 15.8. The molecule has 38 heavy (non-hydrogen) atoms. The van der Waals surface area contributed by atoms with Gasteiger partial charge in [-0.3, -0.25) is 9.59 Å². The lowest BCUT2D eigenvalue weighted by Crippen LogP contribution is -2.40. The average Bonchev–Trinajstić information content (AvgIpc) is 3.56. The summed E-state index contributed by atoms with van der Waals surface area (Å²) in [6, 6.07) is 23.3. The fourth-order valence-electron chi connectivity index (χ4n) is 6.82. The molecule has 4 atom stereocenters. The lowest BCUT2D eigenvalue weighted by Gasteiger charge is -2.23. The van der Waals surface area contributed by atoms with Gasteiger partial charge in [-0.2, -0.15) is 5.01 Å². The number of aliphatic carboxylic acids is 1. The molecular weight excluding hydrogens is 480 g/mol. The number of carbonyl (C=O) groups excluding carboxylic acids is 3. The van der Waals surface area contributed by atoms with Crippen molar-refractivity contribution in [1.29, 1.82) is 0 Å². The van der Waals surface area contributed by atoms with Crippen LogP contribution in [-0.2, 0) is 11.2 Å². The van der Waals surface area contributed by atoms with Crippen molar-refractivity contribution in [3.05, 3.63) is 95.6 Å². The van der Waals surface area contributed by atoms with Crippen LogP contribution >= 0.6 is 0 Å². The summed E-state index contributed by atoms with van der Waals surface area (Å²) in [6.45, 7) is 7.77. The third kappa shape index (κ3) is 3.28. The minimum atomic E-state index is -1.17. The largest absolute Gasteiger partial charge is 0.550 e. The van der Waals surface area contributed by atoms with Crippen LogP contribution in [0, 0.1) is 16.7 Å². The molecule has 3 aliphatic rings. The van der Waals surface area contributed by atoms with E-state index >= 15 is 0 Å². The highest BCUT2D eigenvalue weighted by molar-refractivity contribution is 6.21. The van der Waals surface area contributed by atoms with Crippen LogP contribution in [0.25, 0.3) is 0 Å². The standard InChI is InChI=1S/C31H30N2O5/c1-29(2)24(25-30(3,4)33(25)32-26(34)22-15-8-9-16-23(22)27(32)35)31(29,28(36)37)18-19-11-10-14-21(17-19)38-20-12-6-5-7-13-20/h5-17,24-25H,18H2,1-4H3,(H,36,37)/p-1/t24-,25-,31-,33?/m0/s1. The Bertz CT molecular complexity index is 1450. The van der Waals surface area contributed by atoms with E-state index in [1.807, 2.05) is 82.3 Å². The number of hydrogen-bond donors (Lipinski definition) is 0. The third-order valence-corrected chi connectivity index (χ3v) is 8.91. The van der Waals surface area contributed by atoms with Crippen molar-refractivity contribution in [3.63, 3.8) is 0 Å². The van der Waals surface area contributed by atoms with Crippen LogP contribution in [0.2, 0.25) is 0 Å². The van der Waals surface area contributed by atoms with E-state index in [9.17, 15) is 19.5 Å². The summed E-state index contributed by atoms with van der Waals surface area (Å²) in [5.41, 5.74) is -0.814. The Labute approximate surface area is 221 Å². The Morgan fingerprint density at radius 2 is 1.42 bits per heavy atom. The Morgan fingerprint density at radius 3 is 2.03 bits per heavy atom. The normalized spacial score (nSPS) is 28.1. The van der Waals surface area contributed by atoms with Crippen molar-refractivity contribution in [2.24, 2.45) is 16.7 Å². The van der Waals surface area contributed by atoms with Gasteiger partial charge in [0, 0.05) is 11.4 Å². The van der Waals surface area contributed by atoms with Crippen molar-refractivity contribution in [3.8, 4) is 11.5 Å². The van der Waals surface area contributed by atoms with Crippen molar-refractivity contribution >= 4 is 17.8 Å². The molecule has 194 valence electrons. The summed E-state index contributed by atoms with van der Waals surface area (Å²) in [6.07, 6.45) is 0.252. The van der Waals surface area contributed by atoms with Crippen LogP contribution in [0.1, 0.15) is 54.0 Å². The van der Waals surface area contributed by atoms with Gasteiger partial charge in [0.1, 0.15) is 11.5 Å². The number of ether oxygens (including phenoxy) is 1. The molecule has 0 aromatic heterocycles. The van der Waals surface area contributed by atoms with E-state index in [4.69, 9.17) is 4.74 Å². The highest BCUT2D eigenvalue weighted by atomic mass is 16.5. The van der Waals surface area contributed by atoms with Gasteiger partial charge in [-0.05, 0) is 73.6 Å². The number of hydrogen-bond acceptors (Lipinski definition) is 6. The van der Waals surface area contributed by atoms with Crippen molar-refractivity contribution in [1.82, 2.24) is 10.0 Å². The van der Waals surface area contributed by atoms with E-state index < -0.39 is 22.3 Å². The quantitative estimate of drug-likeness (QED) is 0.352. The van der Waals surface area contributed by atoms with Crippen LogP contribution < -0.4 is 9.84 Å². The molecule has 2 fully saturated rings. The Hall–Kier alpha value is -3.97. The maximum absolute atomic E-state index is 13.2. The summed E-state index contributed by atoms with van der Waals surface area (Å²) in [4.78, 5) is 39.3. The van der Waals surface area contributed by atoms with E-state index in [-0.39, 0.29) is 30.2 Å². The number of hydrazine groups is 1. The number of nitrogens with zero attached hydrogens (tertiary/aromatic N) is 2. The third-order valence-electron chi connectivity index (χ3n) is 8.91. The predicted octanol–water partition coefficient (Wildman–Crippen LogP) is 4.09. The lowest BCUT2D eigenvalue weighted by atomic mass is 9.88. The van der Waals surface area contributed by atoms with Crippen molar-refractivity contribution in [2.75, 3.05) is 0 Å². The van der Waals surface area contributed by atoms with Gasteiger partial charge in [-0.15, -0.1) is 0 Å². The second-order valence-corrected chi connectivity index (χ2v) is 11.6. The van der Waals surface area contributed by atoms with Gasteiger partial charge in [0.15, 0.2) is 0 Å². The summed E-state index contributed by atoms with van der Waals surface area (Å²) in [7, 11) is 0. The number of carboxylic acid groups (broad SMARTS) is 1. The van der Waals surface area contributed by atoms with E-state index in [1.54, 1.807) is 29.3 Å². The minimum absolute atomic E-state index is 0.252. The fraction of sp³-hybridized carbons (Fsp3) is 0.323. The molecule has 7 heteroatoms. The molecular formula is C31H29N2O5-. The van der Waals surface area contributed by atoms with E-state index in [1.165, 1.54) is 5.01 Å². The summed E-state index contributed by atoms with van der Waals surface area (Å²) >= 11 is 0.